The lowest BCUT2D eigenvalue weighted by molar-refractivity contribution is -0.117. The zero-order chi connectivity index (χ0) is 28.8. The third kappa shape index (κ3) is 8.79. The molecular formula is C25H42FN4O6PS. The number of hydrogen-bond acceptors (Lipinski definition) is 9. The summed E-state index contributed by atoms with van der Waals surface area (Å²) in [5, 5.41) is 2.51. The van der Waals surface area contributed by atoms with Gasteiger partial charge in [-0.15, -0.1) is 0 Å². The molecule has 1 saturated heterocycles. The first-order valence-electron chi connectivity index (χ1n) is 12.9. The van der Waals surface area contributed by atoms with Gasteiger partial charge < -0.3 is 19.1 Å². The number of halogens is 1. The highest BCUT2D eigenvalue weighted by atomic mass is 32.2. The van der Waals surface area contributed by atoms with Crippen molar-refractivity contribution in [3.05, 3.63) is 22.7 Å². The number of thioether (sulfide) groups is 1. The van der Waals surface area contributed by atoms with Crippen molar-refractivity contribution in [3.63, 3.8) is 0 Å². The van der Waals surface area contributed by atoms with Crippen LogP contribution in [0, 0.1) is 5.41 Å². The van der Waals surface area contributed by atoms with Gasteiger partial charge in [0, 0.05) is 36.4 Å². The third-order valence-corrected chi connectivity index (χ3v) is 9.04. The summed E-state index contributed by atoms with van der Waals surface area (Å²) in [6.45, 7) is 17.1. The van der Waals surface area contributed by atoms with Gasteiger partial charge in [-0.3, -0.25) is 14.2 Å². The summed E-state index contributed by atoms with van der Waals surface area (Å²) in [6.07, 6.45) is -2.71. The van der Waals surface area contributed by atoms with Crippen molar-refractivity contribution in [1.29, 1.82) is 0 Å². The largest absolute Gasteiger partial charge is 0.351 e. The molecule has 2 heterocycles. The highest BCUT2D eigenvalue weighted by molar-refractivity contribution is 8.13. The molecule has 1 aromatic rings. The number of nitrogens with zero attached hydrogens (tertiary/aromatic N) is 3. The highest BCUT2D eigenvalue weighted by Crippen LogP contribution is 2.50. The molecule has 38 heavy (non-hydrogen) atoms. The quantitative estimate of drug-likeness (QED) is 0.274. The van der Waals surface area contributed by atoms with Crippen LogP contribution in [0.3, 0.4) is 0 Å². The molecule has 1 N–H and O–H groups in total. The predicted molar refractivity (Wildman–Crippen MR) is 149 cm³/mol. The van der Waals surface area contributed by atoms with Crippen molar-refractivity contribution in [2.75, 3.05) is 17.7 Å². The van der Waals surface area contributed by atoms with E-state index in [1.165, 1.54) is 30.9 Å². The van der Waals surface area contributed by atoms with Crippen LogP contribution in [0.5, 0.6) is 0 Å². The summed E-state index contributed by atoms with van der Waals surface area (Å²) in [5.41, 5.74) is -1.20. The number of ether oxygens (including phenoxy) is 1. The minimum atomic E-state index is -1.70. The smallest absolute Gasteiger partial charge is 0.349 e. The van der Waals surface area contributed by atoms with Gasteiger partial charge in [0.1, 0.15) is 11.9 Å². The van der Waals surface area contributed by atoms with Crippen LogP contribution in [0.25, 0.3) is 0 Å². The van der Waals surface area contributed by atoms with Gasteiger partial charge in [0.15, 0.2) is 17.5 Å². The second-order valence-corrected chi connectivity index (χ2v) is 13.2. The summed E-state index contributed by atoms with van der Waals surface area (Å²) in [5.74, 6) is 0.157. The van der Waals surface area contributed by atoms with E-state index < -0.39 is 44.2 Å². The van der Waals surface area contributed by atoms with Crippen LogP contribution in [-0.4, -0.2) is 68.1 Å². The minimum absolute atomic E-state index is 0.0503. The van der Waals surface area contributed by atoms with E-state index in [0.29, 0.717) is 12.2 Å². The number of hydrogen-bond donors (Lipinski definition) is 1. The zero-order valence-corrected chi connectivity index (χ0v) is 25.5. The van der Waals surface area contributed by atoms with Crippen LogP contribution < -0.4 is 11.0 Å². The number of amides is 1. The normalized spacial score (nSPS) is 22.9. The molecule has 1 amide bonds. The molecule has 0 aromatic carbocycles. The van der Waals surface area contributed by atoms with Crippen LogP contribution >= 0.6 is 20.3 Å². The highest BCUT2D eigenvalue weighted by Gasteiger charge is 2.49. The Balaban J connectivity index is 2.23. The van der Waals surface area contributed by atoms with Gasteiger partial charge >= 0.3 is 5.69 Å². The molecule has 0 radical (unpaired) electrons. The first-order valence-corrected chi connectivity index (χ1v) is 15.0. The van der Waals surface area contributed by atoms with Gasteiger partial charge in [-0.2, -0.15) is 4.98 Å². The molecule has 13 heteroatoms. The molecule has 5 atom stereocenters. The summed E-state index contributed by atoms with van der Waals surface area (Å²) < 4.78 is 37.5. The van der Waals surface area contributed by atoms with Crippen molar-refractivity contribution < 1.29 is 27.8 Å². The molecule has 2 rings (SSSR count). The average Bonchev–Trinajstić information content (AvgIpc) is 3.10. The molecule has 0 bridgehead atoms. The van der Waals surface area contributed by atoms with E-state index in [4.69, 9.17) is 13.8 Å². The standard InChI is InChI=1S/C25H42FN4O6PS/c1-10-18-21(20(26)22(35-18)29-12-11-19(27-17(6)31)28-24(29)33)36-37(30(15(2)3)16(4)5)34-13-14-38-23(32)25(7,8)9/h11-12,15-16,18,20-22H,10,13-14H2,1-9H3,(H,27,28,31,33)/t18-,20+,21?,22-,37?/m1/s1. The number of carbonyl (C=O) groups is 2. The first-order chi connectivity index (χ1) is 17.7. The van der Waals surface area contributed by atoms with E-state index in [0.717, 1.165) is 4.57 Å². The Bertz CT molecular complexity index is 997. The topological polar surface area (TPSA) is 112 Å². The molecule has 0 saturated carbocycles. The number of rotatable bonds is 12. The van der Waals surface area contributed by atoms with Gasteiger partial charge in [0.05, 0.1) is 12.7 Å². The lowest BCUT2D eigenvalue weighted by Crippen LogP contribution is -2.38. The van der Waals surface area contributed by atoms with Crippen LogP contribution in [0.4, 0.5) is 10.2 Å². The average molecular weight is 577 g/mol. The number of carbonyl (C=O) groups excluding carboxylic acids is 2. The number of nitrogens with one attached hydrogen (secondary N) is 1. The van der Waals surface area contributed by atoms with E-state index in [-0.39, 0.29) is 35.5 Å². The van der Waals surface area contributed by atoms with E-state index in [1.807, 2.05) is 60.1 Å². The van der Waals surface area contributed by atoms with E-state index in [9.17, 15) is 14.4 Å². The summed E-state index contributed by atoms with van der Waals surface area (Å²) >= 11 is 1.21. The first kappa shape index (κ1) is 32.8. The second-order valence-electron chi connectivity index (χ2n) is 10.7. The maximum Gasteiger partial charge on any atom is 0.351 e. The molecular weight excluding hydrogens is 534 g/mol. The van der Waals surface area contributed by atoms with Gasteiger partial charge in [0.25, 0.3) is 8.53 Å². The van der Waals surface area contributed by atoms with Crippen LogP contribution in [-0.2, 0) is 23.4 Å². The lowest BCUT2D eigenvalue weighted by atomic mass is 10.00. The second kappa shape index (κ2) is 14.3. The Labute approximate surface area is 230 Å². The number of alkyl halides is 1. The van der Waals surface area contributed by atoms with Crippen LogP contribution in [0.15, 0.2) is 17.1 Å². The summed E-state index contributed by atoms with van der Waals surface area (Å²) in [7, 11) is -1.70. The lowest BCUT2D eigenvalue weighted by Gasteiger charge is -2.37. The van der Waals surface area contributed by atoms with E-state index in [2.05, 4.69) is 10.3 Å². The Kier molecular flexibility index (Phi) is 12.3. The molecule has 10 nitrogen and oxygen atoms in total. The molecule has 0 aliphatic carbocycles. The number of aromatic nitrogens is 2. The van der Waals surface area contributed by atoms with Crippen molar-refractivity contribution in [2.45, 2.75) is 105 Å². The number of anilines is 1. The molecule has 1 aromatic heterocycles. The Morgan fingerprint density at radius 3 is 2.42 bits per heavy atom. The summed E-state index contributed by atoms with van der Waals surface area (Å²) in [4.78, 5) is 40.0. The molecule has 2 unspecified atom stereocenters. The maximum atomic E-state index is 15.9. The van der Waals surface area contributed by atoms with Crippen molar-refractivity contribution in [1.82, 2.24) is 14.2 Å². The Morgan fingerprint density at radius 2 is 1.92 bits per heavy atom. The van der Waals surface area contributed by atoms with Crippen LogP contribution in [0.2, 0.25) is 0 Å². The van der Waals surface area contributed by atoms with Gasteiger partial charge in [-0.25, -0.2) is 13.9 Å². The van der Waals surface area contributed by atoms with Crippen molar-refractivity contribution in [3.8, 4) is 0 Å². The fourth-order valence-corrected chi connectivity index (χ4v) is 6.60. The third-order valence-electron chi connectivity index (χ3n) is 5.67. The molecule has 216 valence electrons. The van der Waals surface area contributed by atoms with Crippen molar-refractivity contribution >= 4 is 37.1 Å². The molecule has 1 fully saturated rings. The molecule has 1 aliphatic rings. The summed E-state index contributed by atoms with van der Waals surface area (Å²) in [6, 6.07) is 1.52. The Morgan fingerprint density at radius 1 is 1.29 bits per heavy atom. The fourth-order valence-electron chi connectivity index (χ4n) is 3.92. The zero-order valence-electron chi connectivity index (χ0n) is 23.8. The van der Waals surface area contributed by atoms with E-state index >= 15 is 4.39 Å². The van der Waals surface area contributed by atoms with Gasteiger partial charge in [-0.05, 0) is 40.2 Å². The van der Waals surface area contributed by atoms with Gasteiger partial charge in [-0.1, -0.05) is 39.5 Å². The molecule has 1 aliphatic heterocycles. The fraction of sp³-hybridized carbons (Fsp3) is 0.760. The predicted octanol–water partition coefficient (Wildman–Crippen LogP) is 4.90. The molecule has 0 spiro atoms. The monoisotopic (exact) mass is 576 g/mol. The Hall–Kier alpha value is -1.43. The maximum absolute atomic E-state index is 15.9. The minimum Gasteiger partial charge on any atom is -0.349 e. The SMILES string of the molecule is CC[C@H]1O[C@@H](n2ccc(NC(C)=O)nc2=O)[C@@H](F)C1OP(OCCSC(=O)C(C)(C)C)N(C(C)C)C(C)C. The van der Waals surface area contributed by atoms with Crippen LogP contribution in [0.1, 0.15) is 75.0 Å². The van der Waals surface area contributed by atoms with Crippen molar-refractivity contribution in [2.24, 2.45) is 5.41 Å². The van der Waals surface area contributed by atoms with E-state index in [1.54, 1.807) is 0 Å². The van der Waals surface area contributed by atoms with Gasteiger partial charge in [0.2, 0.25) is 5.91 Å².